The molecular weight excluding hydrogens is 290 g/mol. The molecule has 126 valence electrons. The summed E-state index contributed by atoms with van der Waals surface area (Å²) in [5, 5.41) is 4.30. The summed E-state index contributed by atoms with van der Waals surface area (Å²) in [5.74, 6) is 0.247. The van der Waals surface area contributed by atoms with Crippen LogP contribution in [0, 0.1) is 10.8 Å². The fourth-order valence-corrected chi connectivity index (χ4v) is 5.58. The van der Waals surface area contributed by atoms with E-state index in [9.17, 15) is 4.79 Å². The molecule has 6 heteroatoms. The monoisotopic (exact) mass is 317 g/mol. The van der Waals surface area contributed by atoms with Gasteiger partial charge in [0, 0.05) is 62.5 Å². The van der Waals surface area contributed by atoms with Gasteiger partial charge >= 0.3 is 0 Å². The van der Waals surface area contributed by atoms with Crippen LogP contribution in [0.15, 0.2) is 18.5 Å². The van der Waals surface area contributed by atoms with Crippen molar-refractivity contribution >= 4 is 5.91 Å². The summed E-state index contributed by atoms with van der Waals surface area (Å²) in [6.45, 7) is 8.31. The quantitative estimate of drug-likeness (QED) is 0.816. The summed E-state index contributed by atoms with van der Waals surface area (Å²) < 4.78 is 1.82. The highest BCUT2D eigenvalue weighted by Gasteiger charge is 2.66. The summed E-state index contributed by atoms with van der Waals surface area (Å²) in [5.41, 5.74) is 0.517. The Morgan fingerprint density at radius 1 is 1.09 bits per heavy atom. The lowest BCUT2D eigenvalue weighted by Gasteiger charge is -2.30. The first-order valence-corrected chi connectivity index (χ1v) is 8.64. The van der Waals surface area contributed by atoms with Gasteiger partial charge in [-0.3, -0.25) is 9.48 Å². The molecule has 23 heavy (non-hydrogen) atoms. The molecule has 3 fully saturated rings. The fourth-order valence-electron chi connectivity index (χ4n) is 5.58. The lowest BCUT2D eigenvalue weighted by Crippen LogP contribution is -2.43. The van der Waals surface area contributed by atoms with E-state index in [0.29, 0.717) is 0 Å². The zero-order valence-corrected chi connectivity index (χ0v) is 14.4. The fraction of sp³-hybridized carbons (Fsp3) is 0.765. The zero-order valence-electron chi connectivity index (χ0n) is 14.4. The highest BCUT2D eigenvalue weighted by Crippen LogP contribution is 2.56. The van der Waals surface area contributed by atoms with E-state index in [1.807, 2.05) is 16.9 Å². The predicted octanol–water partition coefficient (Wildman–Crippen LogP) is 0.540. The van der Waals surface area contributed by atoms with Crippen molar-refractivity contribution in [1.29, 1.82) is 0 Å². The van der Waals surface area contributed by atoms with Crippen LogP contribution in [0.25, 0.3) is 0 Å². The minimum atomic E-state index is -0.159. The van der Waals surface area contributed by atoms with Crippen molar-refractivity contribution in [2.24, 2.45) is 10.8 Å². The molecule has 6 nitrogen and oxygen atoms in total. The maximum absolute atomic E-state index is 13.1. The molecule has 1 amide bonds. The average Bonchev–Trinajstić information content (AvgIpc) is 3.15. The van der Waals surface area contributed by atoms with Crippen LogP contribution in [0.2, 0.25) is 0 Å². The van der Waals surface area contributed by atoms with Crippen LogP contribution in [0.3, 0.4) is 0 Å². The second kappa shape index (κ2) is 5.05. The number of rotatable bonds is 3. The number of carbonyl (C=O) groups excluding carboxylic acids is 1. The Kier molecular flexibility index (Phi) is 3.32. The second-order valence-electron chi connectivity index (χ2n) is 8.01. The number of hydrogen-bond acceptors (Lipinski definition) is 4. The number of carbonyl (C=O) groups is 1. The molecule has 4 heterocycles. The lowest BCUT2D eigenvalue weighted by atomic mass is 9.71. The third kappa shape index (κ3) is 2.08. The second-order valence-corrected chi connectivity index (χ2v) is 8.01. The topological polar surface area (TPSA) is 44.6 Å². The molecular formula is C17H27N5O. The Morgan fingerprint density at radius 3 is 2.09 bits per heavy atom. The summed E-state index contributed by atoms with van der Waals surface area (Å²) >= 11 is 0. The van der Waals surface area contributed by atoms with Crippen molar-refractivity contribution in [3.8, 4) is 0 Å². The standard InChI is InChI=1S/C17H27N5O/c1-4-14(22-7-5-6-18-22)15(23)21-12-16-8-19(2)9-17(16,13-21)11-20(3)10-16/h5-7,14H,4,8-13H2,1-3H3/t14-,16?,17?/m1/s1. The van der Waals surface area contributed by atoms with Gasteiger partial charge in [0.1, 0.15) is 6.04 Å². The molecule has 1 atom stereocenters. The molecule has 3 aliphatic rings. The van der Waals surface area contributed by atoms with Gasteiger partial charge in [0.2, 0.25) is 5.91 Å². The van der Waals surface area contributed by atoms with Crippen molar-refractivity contribution in [1.82, 2.24) is 24.5 Å². The van der Waals surface area contributed by atoms with Crippen LogP contribution in [0.1, 0.15) is 19.4 Å². The number of nitrogens with zero attached hydrogens (tertiary/aromatic N) is 5. The van der Waals surface area contributed by atoms with E-state index in [2.05, 4.69) is 40.8 Å². The normalized spacial score (nSPS) is 35.5. The van der Waals surface area contributed by atoms with E-state index < -0.39 is 0 Å². The van der Waals surface area contributed by atoms with Gasteiger partial charge in [0.15, 0.2) is 0 Å². The largest absolute Gasteiger partial charge is 0.339 e. The third-order valence-electron chi connectivity index (χ3n) is 6.23. The van der Waals surface area contributed by atoms with Crippen LogP contribution in [0.5, 0.6) is 0 Å². The molecule has 3 saturated heterocycles. The Labute approximate surface area is 138 Å². The van der Waals surface area contributed by atoms with E-state index >= 15 is 0 Å². The first-order chi connectivity index (χ1) is 11.0. The molecule has 0 radical (unpaired) electrons. The molecule has 1 aromatic heterocycles. The van der Waals surface area contributed by atoms with Crippen molar-refractivity contribution in [2.75, 3.05) is 53.4 Å². The molecule has 1 aromatic rings. The van der Waals surface area contributed by atoms with Gasteiger partial charge in [-0.05, 0) is 26.6 Å². The lowest BCUT2D eigenvalue weighted by molar-refractivity contribution is -0.135. The van der Waals surface area contributed by atoms with Crippen LogP contribution < -0.4 is 0 Å². The van der Waals surface area contributed by atoms with Crippen molar-refractivity contribution in [3.63, 3.8) is 0 Å². The van der Waals surface area contributed by atoms with Gasteiger partial charge < -0.3 is 14.7 Å². The number of amides is 1. The van der Waals surface area contributed by atoms with Gasteiger partial charge in [-0.1, -0.05) is 6.92 Å². The van der Waals surface area contributed by atoms with Gasteiger partial charge in [-0.2, -0.15) is 5.10 Å². The van der Waals surface area contributed by atoms with Crippen LogP contribution in [-0.2, 0) is 4.79 Å². The predicted molar refractivity (Wildman–Crippen MR) is 88.0 cm³/mol. The molecule has 0 unspecified atom stereocenters. The van der Waals surface area contributed by atoms with Crippen LogP contribution >= 0.6 is 0 Å². The molecule has 0 aromatic carbocycles. The molecule has 0 spiro atoms. The van der Waals surface area contributed by atoms with Crippen molar-refractivity contribution in [3.05, 3.63) is 18.5 Å². The molecule has 3 aliphatic heterocycles. The zero-order chi connectivity index (χ0) is 16.2. The number of aromatic nitrogens is 2. The summed E-state index contributed by atoms with van der Waals surface area (Å²) in [7, 11) is 4.44. The first-order valence-electron chi connectivity index (χ1n) is 8.64. The molecule has 0 N–H and O–H groups in total. The Bertz CT molecular complexity index is 560. The Balaban J connectivity index is 1.58. The van der Waals surface area contributed by atoms with E-state index in [-0.39, 0.29) is 22.8 Å². The average molecular weight is 317 g/mol. The molecule has 0 bridgehead atoms. The van der Waals surface area contributed by atoms with Gasteiger partial charge in [0.05, 0.1) is 0 Å². The summed E-state index contributed by atoms with van der Waals surface area (Å²) in [6.07, 6.45) is 4.45. The number of hydrogen-bond donors (Lipinski definition) is 0. The molecule has 0 aliphatic carbocycles. The Morgan fingerprint density at radius 2 is 1.65 bits per heavy atom. The number of likely N-dealkylation sites (tertiary alicyclic amines) is 3. The third-order valence-corrected chi connectivity index (χ3v) is 6.23. The maximum Gasteiger partial charge on any atom is 0.247 e. The van der Waals surface area contributed by atoms with Gasteiger partial charge in [-0.25, -0.2) is 0 Å². The van der Waals surface area contributed by atoms with E-state index in [4.69, 9.17) is 0 Å². The molecule has 0 saturated carbocycles. The Hall–Kier alpha value is -1.40. The minimum Gasteiger partial charge on any atom is -0.339 e. The van der Waals surface area contributed by atoms with E-state index in [1.54, 1.807) is 6.20 Å². The van der Waals surface area contributed by atoms with E-state index in [0.717, 1.165) is 45.7 Å². The van der Waals surface area contributed by atoms with Gasteiger partial charge in [0.25, 0.3) is 0 Å². The van der Waals surface area contributed by atoms with Gasteiger partial charge in [-0.15, -0.1) is 0 Å². The molecule has 4 rings (SSSR count). The summed E-state index contributed by atoms with van der Waals surface area (Å²) in [6, 6.07) is 1.73. The van der Waals surface area contributed by atoms with Crippen LogP contribution in [0.4, 0.5) is 0 Å². The highest BCUT2D eigenvalue weighted by atomic mass is 16.2. The smallest absolute Gasteiger partial charge is 0.247 e. The minimum absolute atomic E-state index is 0.159. The van der Waals surface area contributed by atoms with Crippen LogP contribution in [-0.4, -0.2) is 83.8 Å². The van der Waals surface area contributed by atoms with Crippen molar-refractivity contribution in [2.45, 2.75) is 19.4 Å². The first kappa shape index (κ1) is 15.1. The maximum atomic E-state index is 13.1. The van der Waals surface area contributed by atoms with Crippen molar-refractivity contribution < 1.29 is 4.79 Å². The van der Waals surface area contributed by atoms with E-state index in [1.165, 1.54) is 0 Å². The SMILES string of the molecule is CC[C@H](C(=O)N1CC23CN(C)CC2(CN(C)C3)C1)n1cccn1. The highest BCUT2D eigenvalue weighted by molar-refractivity contribution is 5.81. The summed E-state index contributed by atoms with van der Waals surface area (Å²) in [4.78, 5) is 20.2.